The Hall–Kier alpha value is -1.84. The number of aryl methyl sites for hydroxylation is 1. The lowest BCUT2D eigenvalue weighted by Crippen LogP contribution is -2.17. The highest BCUT2D eigenvalue weighted by Gasteiger charge is 2.13. The van der Waals surface area contributed by atoms with Crippen molar-refractivity contribution in [3.63, 3.8) is 0 Å². The quantitative estimate of drug-likeness (QED) is 0.783. The number of aromatic nitrogens is 1. The van der Waals surface area contributed by atoms with Crippen molar-refractivity contribution in [2.24, 2.45) is 0 Å². The molecule has 0 radical (unpaired) electrons. The van der Waals surface area contributed by atoms with Crippen LogP contribution in [0.15, 0.2) is 24.3 Å². The summed E-state index contributed by atoms with van der Waals surface area (Å²) < 4.78 is 0. The minimum atomic E-state index is -0.908. The molecule has 0 amide bonds. The second-order valence-corrected chi connectivity index (χ2v) is 4.18. The second kappa shape index (κ2) is 4.99. The van der Waals surface area contributed by atoms with Gasteiger partial charge in [0.15, 0.2) is 0 Å². The Morgan fingerprint density at radius 3 is 2.76 bits per heavy atom. The average molecular weight is 232 g/mol. The van der Waals surface area contributed by atoms with E-state index in [1.807, 2.05) is 6.92 Å². The van der Waals surface area contributed by atoms with E-state index in [1.165, 1.54) is 0 Å². The van der Waals surface area contributed by atoms with E-state index in [0.717, 1.165) is 25.0 Å². The molecule has 1 heterocycles. The van der Waals surface area contributed by atoms with E-state index in [-0.39, 0.29) is 0 Å². The maximum Gasteiger partial charge on any atom is 0.335 e. The van der Waals surface area contributed by atoms with Crippen LogP contribution in [0.25, 0.3) is 0 Å². The number of nitrogens with one attached hydrogen (secondary N) is 1. The highest BCUT2D eigenvalue weighted by atomic mass is 16.4. The molecule has 0 spiro atoms. The van der Waals surface area contributed by atoms with E-state index in [2.05, 4.69) is 22.5 Å². The summed E-state index contributed by atoms with van der Waals surface area (Å²) in [5.41, 5.74) is 1.10. The van der Waals surface area contributed by atoms with Crippen molar-refractivity contribution in [1.82, 2.24) is 4.98 Å². The van der Waals surface area contributed by atoms with Crippen LogP contribution in [0.5, 0.6) is 0 Å². The molecule has 4 nitrogen and oxygen atoms in total. The fourth-order valence-corrected chi connectivity index (χ4v) is 1.91. The molecule has 4 heteroatoms. The predicted molar refractivity (Wildman–Crippen MR) is 66.4 cm³/mol. The van der Waals surface area contributed by atoms with Gasteiger partial charge in [-0.05, 0) is 31.4 Å². The zero-order valence-corrected chi connectivity index (χ0v) is 9.81. The predicted octanol–water partition coefficient (Wildman–Crippen LogP) is 2.47. The Kier molecular flexibility index (Phi) is 3.42. The highest BCUT2D eigenvalue weighted by molar-refractivity contribution is 5.88. The number of hydrogen-bond donors (Lipinski definition) is 2. The average Bonchev–Trinajstić information content (AvgIpc) is 2.81. The van der Waals surface area contributed by atoms with Crippen LogP contribution < -0.4 is 5.32 Å². The number of rotatable bonds is 4. The van der Waals surface area contributed by atoms with Crippen LogP contribution in [-0.4, -0.2) is 22.1 Å². The van der Waals surface area contributed by atoms with Gasteiger partial charge in [0.2, 0.25) is 0 Å². The lowest BCUT2D eigenvalue weighted by atomic mass is 10.2. The van der Waals surface area contributed by atoms with Crippen LogP contribution in [0.4, 0.5) is 5.82 Å². The minimum Gasteiger partial charge on any atom is -0.478 e. The second-order valence-electron chi connectivity index (χ2n) is 4.18. The number of pyridine rings is 1. The molecular formula is C13H16N2O2. The number of carboxylic acids is 1. The first-order valence-electron chi connectivity index (χ1n) is 5.85. The van der Waals surface area contributed by atoms with Gasteiger partial charge in [0.25, 0.3) is 0 Å². The minimum absolute atomic E-state index is 0.297. The summed E-state index contributed by atoms with van der Waals surface area (Å²) in [5, 5.41) is 12.3. The molecule has 1 aliphatic rings. The summed E-state index contributed by atoms with van der Waals surface area (Å²) in [6, 6.07) is 3.57. The summed E-state index contributed by atoms with van der Waals surface area (Å²) in [4.78, 5) is 15.4. The highest BCUT2D eigenvalue weighted by Crippen LogP contribution is 2.17. The molecule has 0 fully saturated rings. The number of carboxylic acid groups (broad SMARTS) is 1. The number of hydrogen-bond acceptors (Lipinski definition) is 3. The molecule has 2 N–H and O–H groups in total. The van der Waals surface area contributed by atoms with E-state index in [0.29, 0.717) is 17.4 Å². The Balaban J connectivity index is 2.20. The molecule has 0 aromatic carbocycles. The largest absolute Gasteiger partial charge is 0.478 e. The fraction of sp³-hybridized carbons (Fsp3) is 0.385. The molecule has 1 aliphatic carbocycles. The van der Waals surface area contributed by atoms with Gasteiger partial charge in [0.05, 0.1) is 5.56 Å². The Morgan fingerprint density at radius 1 is 1.47 bits per heavy atom. The third kappa shape index (κ3) is 2.84. The molecule has 0 bridgehead atoms. The summed E-state index contributed by atoms with van der Waals surface area (Å²) in [6.45, 7) is 1.97. The summed E-state index contributed by atoms with van der Waals surface area (Å²) in [5.74, 6) is -0.245. The van der Waals surface area contributed by atoms with Crippen molar-refractivity contribution in [2.45, 2.75) is 32.2 Å². The molecule has 1 aromatic heterocycles. The number of nitrogens with zero attached hydrogens (tertiary/aromatic N) is 1. The standard InChI is InChI=1S/C13H16N2O2/c1-2-10-7-9(13(16)17)8-12(14-10)15-11-5-3-4-6-11/h3-4,7-8,11H,2,5-6H2,1H3,(H,14,15)(H,16,17). The van der Waals surface area contributed by atoms with Crippen LogP contribution >= 0.6 is 0 Å². The lowest BCUT2D eigenvalue weighted by molar-refractivity contribution is 0.0696. The molecule has 0 atom stereocenters. The van der Waals surface area contributed by atoms with Crippen molar-refractivity contribution in [1.29, 1.82) is 0 Å². The zero-order chi connectivity index (χ0) is 12.3. The molecule has 0 unspecified atom stereocenters. The maximum atomic E-state index is 11.0. The molecule has 90 valence electrons. The Bertz CT molecular complexity index is 447. The molecule has 1 aromatic rings. The topological polar surface area (TPSA) is 62.2 Å². The number of carbonyl (C=O) groups is 1. The lowest BCUT2D eigenvalue weighted by Gasteiger charge is -2.14. The van der Waals surface area contributed by atoms with Gasteiger partial charge in [-0.15, -0.1) is 0 Å². The monoisotopic (exact) mass is 232 g/mol. The normalized spacial score (nSPS) is 15.1. The first kappa shape index (κ1) is 11.6. The summed E-state index contributed by atoms with van der Waals surface area (Å²) >= 11 is 0. The van der Waals surface area contributed by atoms with Crippen LogP contribution in [0.2, 0.25) is 0 Å². The van der Waals surface area contributed by atoms with E-state index in [9.17, 15) is 4.79 Å². The molecule has 2 rings (SSSR count). The Labute approximate surface area is 100 Å². The van der Waals surface area contributed by atoms with Gasteiger partial charge < -0.3 is 10.4 Å². The zero-order valence-electron chi connectivity index (χ0n) is 9.81. The fourth-order valence-electron chi connectivity index (χ4n) is 1.91. The molecular weight excluding hydrogens is 216 g/mol. The van der Waals surface area contributed by atoms with Gasteiger partial charge in [-0.2, -0.15) is 0 Å². The number of anilines is 1. The third-order valence-corrected chi connectivity index (χ3v) is 2.85. The molecule has 0 saturated heterocycles. The van der Waals surface area contributed by atoms with Crippen LogP contribution in [0, 0.1) is 0 Å². The third-order valence-electron chi connectivity index (χ3n) is 2.85. The SMILES string of the molecule is CCc1cc(C(=O)O)cc(NC2CC=CC2)n1. The van der Waals surface area contributed by atoms with Crippen LogP contribution in [0.1, 0.15) is 35.8 Å². The van der Waals surface area contributed by atoms with Gasteiger partial charge in [-0.3, -0.25) is 0 Å². The molecule has 0 saturated carbocycles. The smallest absolute Gasteiger partial charge is 0.335 e. The van der Waals surface area contributed by atoms with Gasteiger partial charge in [-0.25, -0.2) is 9.78 Å². The molecule has 17 heavy (non-hydrogen) atoms. The van der Waals surface area contributed by atoms with Crippen LogP contribution in [-0.2, 0) is 6.42 Å². The van der Waals surface area contributed by atoms with Crippen molar-refractivity contribution in [2.75, 3.05) is 5.32 Å². The van der Waals surface area contributed by atoms with Crippen molar-refractivity contribution >= 4 is 11.8 Å². The van der Waals surface area contributed by atoms with E-state index >= 15 is 0 Å². The van der Waals surface area contributed by atoms with E-state index in [1.54, 1.807) is 12.1 Å². The summed E-state index contributed by atoms with van der Waals surface area (Å²) in [7, 11) is 0. The van der Waals surface area contributed by atoms with E-state index < -0.39 is 5.97 Å². The summed E-state index contributed by atoms with van der Waals surface area (Å²) in [6.07, 6.45) is 6.93. The van der Waals surface area contributed by atoms with Gasteiger partial charge in [0, 0.05) is 11.7 Å². The first-order valence-corrected chi connectivity index (χ1v) is 5.85. The van der Waals surface area contributed by atoms with E-state index in [4.69, 9.17) is 5.11 Å². The maximum absolute atomic E-state index is 11.0. The number of aromatic carboxylic acids is 1. The van der Waals surface area contributed by atoms with Crippen molar-refractivity contribution in [3.05, 3.63) is 35.5 Å². The molecule has 0 aliphatic heterocycles. The van der Waals surface area contributed by atoms with Gasteiger partial charge in [0.1, 0.15) is 5.82 Å². The van der Waals surface area contributed by atoms with Crippen LogP contribution in [0.3, 0.4) is 0 Å². The van der Waals surface area contributed by atoms with Gasteiger partial charge in [-0.1, -0.05) is 19.1 Å². The van der Waals surface area contributed by atoms with Crippen molar-refractivity contribution in [3.8, 4) is 0 Å². The van der Waals surface area contributed by atoms with Crippen molar-refractivity contribution < 1.29 is 9.90 Å². The Morgan fingerprint density at radius 2 is 2.18 bits per heavy atom. The van der Waals surface area contributed by atoms with Gasteiger partial charge >= 0.3 is 5.97 Å². The first-order chi connectivity index (χ1) is 8.19.